The zero-order valence-corrected chi connectivity index (χ0v) is 23.4. The van der Waals surface area contributed by atoms with Gasteiger partial charge in [-0.25, -0.2) is 9.78 Å². The Morgan fingerprint density at radius 3 is 2.62 bits per heavy atom. The lowest BCUT2D eigenvalue weighted by Gasteiger charge is -2.14. The van der Waals surface area contributed by atoms with E-state index in [0.717, 1.165) is 4.47 Å². The van der Waals surface area contributed by atoms with Crippen molar-refractivity contribution in [2.75, 3.05) is 7.11 Å². The molecule has 0 aliphatic rings. The summed E-state index contributed by atoms with van der Waals surface area (Å²) in [4.78, 5) is 29.2. The third-order valence-corrected chi connectivity index (χ3v) is 6.69. The fourth-order valence-corrected chi connectivity index (χ4v) is 4.43. The first-order valence-electron chi connectivity index (χ1n) is 11.3. The van der Waals surface area contributed by atoms with Gasteiger partial charge in [-0.3, -0.25) is 4.79 Å². The van der Waals surface area contributed by atoms with Crippen molar-refractivity contribution in [3.8, 4) is 11.5 Å². The van der Waals surface area contributed by atoms with E-state index in [-0.39, 0.29) is 23.6 Å². The van der Waals surface area contributed by atoms with Crippen LogP contribution in [0.1, 0.15) is 47.1 Å². The van der Waals surface area contributed by atoms with E-state index in [9.17, 15) is 14.7 Å². The molecule has 4 rings (SSSR count). The highest BCUT2D eigenvalue weighted by molar-refractivity contribution is 9.10. The average molecular weight is 629 g/mol. The Balaban J connectivity index is 1.66. The number of fused-ring (bicyclic) bond motifs is 1. The normalized spacial score (nSPS) is 11.4. The molecular formula is C27H23Br2N3O5. The summed E-state index contributed by atoms with van der Waals surface area (Å²) in [6.45, 7) is 4.06. The molecule has 0 atom stereocenters. The predicted octanol–water partition coefficient (Wildman–Crippen LogP) is 6.21. The number of benzene rings is 3. The molecule has 1 heterocycles. The van der Waals surface area contributed by atoms with E-state index in [1.807, 2.05) is 19.9 Å². The van der Waals surface area contributed by atoms with Crippen LogP contribution in [0.15, 0.2) is 73.4 Å². The number of methoxy groups -OCH3 is 1. The molecule has 10 heteroatoms. The van der Waals surface area contributed by atoms with Crippen LogP contribution < -0.4 is 15.0 Å². The van der Waals surface area contributed by atoms with Gasteiger partial charge in [-0.1, -0.05) is 41.9 Å². The molecule has 37 heavy (non-hydrogen) atoms. The Bertz CT molecular complexity index is 1580. The maximum absolute atomic E-state index is 13.3. The van der Waals surface area contributed by atoms with Crippen LogP contribution in [-0.2, 0) is 6.61 Å². The number of nitrogens with zero attached hydrogens (tertiary/aromatic N) is 3. The summed E-state index contributed by atoms with van der Waals surface area (Å²) in [5.41, 5.74) is 1.90. The van der Waals surface area contributed by atoms with Gasteiger partial charge in [-0.15, -0.1) is 0 Å². The second kappa shape index (κ2) is 11.3. The fourth-order valence-electron chi connectivity index (χ4n) is 3.65. The first kappa shape index (κ1) is 26.6. The smallest absolute Gasteiger partial charge is 0.335 e. The fraction of sp³-hybridized carbons (Fsp3) is 0.185. The molecule has 0 spiro atoms. The molecule has 0 saturated carbocycles. The van der Waals surface area contributed by atoms with Crippen LogP contribution >= 0.6 is 31.9 Å². The summed E-state index contributed by atoms with van der Waals surface area (Å²) in [5.74, 6) is 0.425. The third-order valence-electron chi connectivity index (χ3n) is 5.51. The summed E-state index contributed by atoms with van der Waals surface area (Å²) < 4.78 is 14.2. The molecule has 4 aromatic rings. The van der Waals surface area contributed by atoms with Crippen LogP contribution in [0.2, 0.25) is 0 Å². The van der Waals surface area contributed by atoms with Crippen molar-refractivity contribution >= 4 is 54.9 Å². The van der Waals surface area contributed by atoms with Gasteiger partial charge in [0.25, 0.3) is 5.56 Å². The molecule has 0 bridgehead atoms. The molecule has 0 saturated heterocycles. The van der Waals surface area contributed by atoms with Gasteiger partial charge >= 0.3 is 5.97 Å². The lowest BCUT2D eigenvalue weighted by Crippen LogP contribution is -2.23. The highest BCUT2D eigenvalue weighted by Crippen LogP contribution is 2.33. The van der Waals surface area contributed by atoms with Gasteiger partial charge in [0, 0.05) is 20.4 Å². The predicted molar refractivity (Wildman–Crippen MR) is 149 cm³/mol. The van der Waals surface area contributed by atoms with Crippen LogP contribution in [0.25, 0.3) is 10.9 Å². The molecule has 0 amide bonds. The van der Waals surface area contributed by atoms with Crippen LogP contribution in [-0.4, -0.2) is 34.1 Å². The number of carboxylic acid groups (broad SMARTS) is 1. The Morgan fingerprint density at radius 2 is 1.92 bits per heavy atom. The molecule has 1 N–H and O–H groups in total. The number of ether oxygens (including phenoxy) is 2. The number of aromatic carboxylic acids is 1. The minimum Gasteiger partial charge on any atom is -0.493 e. The van der Waals surface area contributed by atoms with Gasteiger partial charge in [0.2, 0.25) is 0 Å². The summed E-state index contributed by atoms with van der Waals surface area (Å²) in [6.07, 6.45) is 1.56. The highest BCUT2D eigenvalue weighted by atomic mass is 79.9. The number of carboxylic acids is 1. The second-order valence-electron chi connectivity index (χ2n) is 8.47. The molecule has 0 fully saturated rings. The van der Waals surface area contributed by atoms with E-state index in [0.29, 0.717) is 43.8 Å². The maximum Gasteiger partial charge on any atom is 0.335 e. The topological polar surface area (TPSA) is 103 Å². The van der Waals surface area contributed by atoms with Crippen LogP contribution in [0, 0.1) is 0 Å². The summed E-state index contributed by atoms with van der Waals surface area (Å²) in [6, 6.07) is 15.4. The zero-order chi connectivity index (χ0) is 26.7. The maximum atomic E-state index is 13.3. The SMILES string of the molecule is COc1cc(C=Nn2c(C(C)C)nc3ccc(Br)cc3c2=O)c(Br)cc1OCc1cccc(C(=O)O)c1. The minimum atomic E-state index is -1.00. The van der Waals surface area contributed by atoms with Gasteiger partial charge in [0.1, 0.15) is 12.4 Å². The number of hydrogen-bond donors (Lipinski definition) is 1. The largest absolute Gasteiger partial charge is 0.493 e. The van der Waals surface area contributed by atoms with Crippen molar-refractivity contribution in [3.63, 3.8) is 0 Å². The lowest BCUT2D eigenvalue weighted by atomic mass is 10.1. The number of hydrogen-bond acceptors (Lipinski definition) is 6. The number of aromatic nitrogens is 2. The molecule has 0 aliphatic heterocycles. The Kier molecular flexibility index (Phi) is 8.09. The molecule has 0 unspecified atom stereocenters. The zero-order valence-electron chi connectivity index (χ0n) is 20.2. The second-order valence-corrected chi connectivity index (χ2v) is 10.2. The van der Waals surface area contributed by atoms with Crippen molar-refractivity contribution in [2.24, 2.45) is 5.10 Å². The van der Waals surface area contributed by atoms with Crippen LogP contribution in [0.5, 0.6) is 11.5 Å². The van der Waals surface area contributed by atoms with Crippen molar-refractivity contribution in [2.45, 2.75) is 26.4 Å². The van der Waals surface area contributed by atoms with Gasteiger partial charge in [0.15, 0.2) is 11.5 Å². The van der Waals surface area contributed by atoms with Crippen LogP contribution in [0.4, 0.5) is 0 Å². The van der Waals surface area contributed by atoms with Crippen molar-refractivity contribution in [1.82, 2.24) is 9.66 Å². The summed E-state index contributed by atoms with van der Waals surface area (Å²) >= 11 is 6.95. The molecule has 0 radical (unpaired) electrons. The number of rotatable bonds is 8. The van der Waals surface area contributed by atoms with E-state index in [1.165, 1.54) is 17.9 Å². The molecular weight excluding hydrogens is 606 g/mol. The molecule has 8 nitrogen and oxygen atoms in total. The Hall–Kier alpha value is -3.50. The third kappa shape index (κ3) is 5.91. The number of halogens is 2. The first-order chi connectivity index (χ1) is 17.7. The van der Waals surface area contributed by atoms with E-state index in [2.05, 4.69) is 41.9 Å². The van der Waals surface area contributed by atoms with E-state index in [4.69, 9.17) is 9.47 Å². The first-order valence-corrected chi connectivity index (χ1v) is 12.9. The molecule has 1 aromatic heterocycles. The molecule has 3 aromatic carbocycles. The van der Waals surface area contributed by atoms with E-state index < -0.39 is 5.97 Å². The van der Waals surface area contributed by atoms with Gasteiger partial charge in [0.05, 0.1) is 29.8 Å². The minimum absolute atomic E-state index is 0.0359. The van der Waals surface area contributed by atoms with Crippen LogP contribution in [0.3, 0.4) is 0 Å². The van der Waals surface area contributed by atoms with Gasteiger partial charge in [-0.2, -0.15) is 9.78 Å². The summed E-state index contributed by atoms with van der Waals surface area (Å²) in [7, 11) is 1.52. The monoisotopic (exact) mass is 627 g/mol. The Morgan fingerprint density at radius 1 is 1.14 bits per heavy atom. The molecule has 0 aliphatic carbocycles. The standard InChI is InChI=1S/C27H23Br2N3O5/c1-15(2)25-31-22-8-7-19(28)11-20(22)26(33)32(25)30-13-18-10-23(36-3)24(12-21(18)29)37-14-16-5-4-6-17(9-16)27(34)35/h4-13,15H,14H2,1-3H3,(H,34,35). The lowest BCUT2D eigenvalue weighted by molar-refractivity contribution is 0.0696. The highest BCUT2D eigenvalue weighted by Gasteiger charge is 2.15. The molecule has 190 valence electrons. The van der Waals surface area contributed by atoms with Crippen molar-refractivity contribution in [3.05, 3.63) is 96.4 Å². The van der Waals surface area contributed by atoms with Gasteiger partial charge < -0.3 is 14.6 Å². The van der Waals surface area contributed by atoms with Gasteiger partial charge in [-0.05, 0) is 64.0 Å². The Labute approximate surface area is 229 Å². The average Bonchev–Trinajstić information content (AvgIpc) is 2.87. The quantitative estimate of drug-likeness (QED) is 0.233. The summed E-state index contributed by atoms with van der Waals surface area (Å²) in [5, 5.41) is 14.1. The van der Waals surface area contributed by atoms with Crippen molar-refractivity contribution in [1.29, 1.82) is 0 Å². The van der Waals surface area contributed by atoms with E-state index >= 15 is 0 Å². The number of carbonyl (C=O) groups is 1. The van der Waals surface area contributed by atoms with E-state index in [1.54, 1.807) is 48.7 Å². The van der Waals surface area contributed by atoms with Crippen molar-refractivity contribution < 1.29 is 19.4 Å².